The number of rotatable bonds is 3. The van der Waals surface area contributed by atoms with Gasteiger partial charge in [0.2, 0.25) is 0 Å². The van der Waals surface area contributed by atoms with E-state index >= 15 is 0 Å². The summed E-state index contributed by atoms with van der Waals surface area (Å²) in [5.41, 5.74) is 0. The van der Waals surface area contributed by atoms with Crippen LogP contribution >= 0.6 is 12.6 Å². The third-order valence-corrected chi connectivity index (χ3v) is 1.02. The normalized spacial score (nSPS) is 12.6. The molecular weight excluding hydrogens is 126 g/mol. The fourth-order valence-electron chi connectivity index (χ4n) is 0.214. The quantitative estimate of drug-likeness (QED) is 0.423. The van der Waals surface area contributed by atoms with Crippen LogP contribution in [0.25, 0.3) is 0 Å². The zero-order valence-corrected chi connectivity index (χ0v) is 5.14. The van der Waals surface area contributed by atoms with Crippen LogP contribution in [0, 0.1) is 0 Å². The highest BCUT2D eigenvalue weighted by Gasteiger charge is 2.10. The number of aliphatic imine (C=N–C) groups is 1. The topological polar surface area (TPSA) is 49.7 Å². The maximum atomic E-state index is 9.98. The lowest BCUT2D eigenvalue weighted by molar-refractivity contribution is -0.137. The Hall–Kier alpha value is -0.510. The van der Waals surface area contributed by atoms with Crippen LogP contribution in [0.2, 0.25) is 0 Å². The van der Waals surface area contributed by atoms with Crippen molar-refractivity contribution in [2.24, 2.45) is 4.99 Å². The number of carboxylic acid groups (broad SMARTS) is 1. The van der Waals surface area contributed by atoms with Gasteiger partial charge in [-0.25, -0.2) is 4.79 Å². The second-order valence-corrected chi connectivity index (χ2v) is 1.58. The largest absolute Gasteiger partial charge is 0.480 e. The van der Waals surface area contributed by atoms with Gasteiger partial charge < -0.3 is 5.11 Å². The molecule has 0 spiro atoms. The first-order valence-corrected chi connectivity index (χ1v) is 2.65. The van der Waals surface area contributed by atoms with Crippen molar-refractivity contribution in [3.05, 3.63) is 0 Å². The molecule has 1 N–H and O–H groups in total. The first-order chi connectivity index (χ1) is 3.72. The number of carbonyl (C=O) groups is 1. The molecule has 46 valence electrons. The Morgan fingerprint density at radius 1 is 2.00 bits per heavy atom. The molecule has 0 aromatic heterocycles. The lowest BCUT2D eigenvalue weighted by Crippen LogP contribution is -2.18. The van der Waals surface area contributed by atoms with Crippen LogP contribution in [-0.2, 0) is 4.79 Å². The van der Waals surface area contributed by atoms with Gasteiger partial charge in [-0.1, -0.05) is 0 Å². The minimum absolute atomic E-state index is 0.207. The van der Waals surface area contributed by atoms with Crippen molar-refractivity contribution in [2.75, 3.05) is 5.75 Å². The maximum Gasteiger partial charge on any atom is 0.329 e. The molecule has 0 rings (SSSR count). The highest BCUT2D eigenvalue weighted by atomic mass is 32.1. The van der Waals surface area contributed by atoms with E-state index in [1.807, 2.05) is 0 Å². The first kappa shape index (κ1) is 7.49. The Labute approximate surface area is 52.8 Å². The van der Waals surface area contributed by atoms with Crippen molar-refractivity contribution in [1.29, 1.82) is 0 Å². The van der Waals surface area contributed by atoms with E-state index in [1.54, 1.807) is 0 Å². The average Bonchev–Trinajstić information content (AvgIpc) is 1.69. The standard InChI is InChI=1S/C4H7NO2S/c1-5-3(2-8)4(6)7/h3,8H,1-2H2,(H,6,7). The molecule has 4 heteroatoms. The van der Waals surface area contributed by atoms with Crippen molar-refractivity contribution in [3.8, 4) is 0 Å². The Morgan fingerprint density at radius 3 is 2.50 bits per heavy atom. The summed E-state index contributed by atoms with van der Waals surface area (Å²) in [6.07, 6.45) is 0. The number of nitrogens with zero attached hydrogens (tertiary/aromatic N) is 1. The number of thiol groups is 1. The van der Waals surface area contributed by atoms with Crippen molar-refractivity contribution in [3.63, 3.8) is 0 Å². The third kappa shape index (κ3) is 1.97. The van der Waals surface area contributed by atoms with Crippen molar-refractivity contribution >= 4 is 25.3 Å². The summed E-state index contributed by atoms with van der Waals surface area (Å²) in [4.78, 5) is 13.3. The van der Waals surface area contributed by atoms with Gasteiger partial charge in [-0.15, -0.1) is 0 Å². The summed E-state index contributed by atoms with van der Waals surface area (Å²) in [6, 6.07) is -0.752. The van der Waals surface area contributed by atoms with Gasteiger partial charge in [0.1, 0.15) is 0 Å². The molecule has 1 unspecified atom stereocenters. The first-order valence-electron chi connectivity index (χ1n) is 2.02. The molecule has 0 fully saturated rings. The molecule has 0 bridgehead atoms. The number of carboxylic acids is 1. The summed E-state index contributed by atoms with van der Waals surface area (Å²) in [6.45, 7) is 3.07. The van der Waals surface area contributed by atoms with Gasteiger partial charge in [-0.2, -0.15) is 12.6 Å². The lowest BCUT2D eigenvalue weighted by Gasteiger charge is -1.98. The molecule has 0 saturated carbocycles. The predicted octanol–water partition coefficient (Wildman–Crippen LogP) is 0.0700. The van der Waals surface area contributed by atoms with Crippen molar-refractivity contribution < 1.29 is 9.90 Å². The van der Waals surface area contributed by atoms with Crippen LogP contribution in [-0.4, -0.2) is 29.6 Å². The smallest absolute Gasteiger partial charge is 0.329 e. The summed E-state index contributed by atoms with van der Waals surface area (Å²) < 4.78 is 0. The van der Waals surface area contributed by atoms with E-state index in [4.69, 9.17) is 5.11 Å². The minimum Gasteiger partial charge on any atom is -0.480 e. The molecule has 3 nitrogen and oxygen atoms in total. The van der Waals surface area contributed by atoms with Crippen LogP contribution in [0.15, 0.2) is 4.99 Å². The monoisotopic (exact) mass is 133 g/mol. The number of hydrogen-bond donors (Lipinski definition) is 2. The van der Waals surface area contributed by atoms with E-state index in [2.05, 4.69) is 24.3 Å². The summed E-state index contributed by atoms with van der Waals surface area (Å²) >= 11 is 3.72. The van der Waals surface area contributed by atoms with E-state index in [-0.39, 0.29) is 5.75 Å². The Kier molecular flexibility index (Phi) is 3.26. The average molecular weight is 133 g/mol. The summed E-state index contributed by atoms with van der Waals surface area (Å²) in [7, 11) is 0. The van der Waals surface area contributed by atoms with E-state index in [0.29, 0.717) is 0 Å². The van der Waals surface area contributed by atoms with Crippen LogP contribution in [0.5, 0.6) is 0 Å². The maximum absolute atomic E-state index is 9.98. The molecule has 0 aromatic carbocycles. The molecular formula is C4H7NO2S. The van der Waals surface area contributed by atoms with Gasteiger partial charge in [0.05, 0.1) is 0 Å². The zero-order valence-electron chi connectivity index (χ0n) is 4.24. The molecule has 0 aliphatic carbocycles. The van der Waals surface area contributed by atoms with Gasteiger partial charge in [0, 0.05) is 5.75 Å². The van der Waals surface area contributed by atoms with Crippen molar-refractivity contribution in [2.45, 2.75) is 6.04 Å². The van der Waals surface area contributed by atoms with Crippen LogP contribution < -0.4 is 0 Å². The molecule has 0 saturated heterocycles. The third-order valence-electron chi connectivity index (χ3n) is 0.678. The van der Waals surface area contributed by atoms with Gasteiger partial charge >= 0.3 is 5.97 Å². The fraction of sp³-hybridized carbons (Fsp3) is 0.500. The summed E-state index contributed by atoms with van der Waals surface area (Å²) in [5, 5.41) is 8.19. The van der Waals surface area contributed by atoms with Crippen LogP contribution in [0.1, 0.15) is 0 Å². The van der Waals surface area contributed by atoms with E-state index in [9.17, 15) is 4.79 Å². The molecule has 0 aliphatic rings. The molecule has 0 radical (unpaired) electrons. The zero-order chi connectivity index (χ0) is 6.57. The molecule has 0 aromatic rings. The van der Waals surface area contributed by atoms with Crippen LogP contribution in [0.3, 0.4) is 0 Å². The van der Waals surface area contributed by atoms with Crippen LogP contribution in [0.4, 0.5) is 0 Å². The molecule has 0 heterocycles. The Balaban J connectivity index is 3.69. The second kappa shape index (κ2) is 3.49. The Morgan fingerprint density at radius 2 is 2.50 bits per heavy atom. The number of hydrogen-bond acceptors (Lipinski definition) is 3. The molecule has 1 atom stereocenters. The van der Waals surface area contributed by atoms with Gasteiger partial charge in [0.25, 0.3) is 0 Å². The molecule has 0 amide bonds. The van der Waals surface area contributed by atoms with E-state index in [1.165, 1.54) is 0 Å². The van der Waals surface area contributed by atoms with Gasteiger partial charge in [-0.3, -0.25) is 4.99 Å². The highest BCUT2D eigenvalue weighted by molar-refractivity contribution is 7.80. The summed E-state index contributed by atoms with van der Waals surface area (Å²) in [5.74, 6) is -0.770. The number of aliphatic carboxylic acids is 1. The van der Waals surface area contributed by atoms with E-state index < -0.39 is 12.0 Å². The van der Waals surface area contributed by atoms with Gasteiger partial charge in [0.15, 0.2) is 6.04 Å². The van der Waals surface area contributed by atoms with Crippen molar-refractivity contribution in [1.82, 2.24) is 0 Å². The fourth-order valence-corrected chi connectivity index (χ4v) is 0.486. The lowest BCUT2D eigenvalue weighted by atomic mass is 10.4. The van der Waals surface area contributed by atoms with Gasteiger partial charge in [-0.05, 0) is 6.72 Å². The predicted molar refractivity (Wildman–Crippen MR) is 34.8 cm³/mol. The molecule has 8 heavy (non-hydrogen) atoms. The SMILES string of the molecule is C=NC(CS)C(=O)O. The van der Waals surface area contributed by atoms with E-state index in [0.717, 1.165) is 0 Å². The minimum atomic E-state index is -0.977. The molecule has 0 aliphatic heterocycles. The highest BCUT2D eigenvalue weighted by Crippen LogP contribution is 1.91. The second-order valence-electron chi connectivity index (χ2n) is 1.22. The Bertz CT molecular complexity index is 104.